The molecule has 0 bridgehead atoms. The van der Waals surface area contributed by atoms with E-state index in [4.69, 9.17) is 5.26 Å². The number of thiazole rings is 1. The Kier molecular flexibility index (Phi) is 4.27. The van der Waals surface area contributed by atoms with Gasteiger partial charge < -0.3 is 10.6 Å². The third-order valence-electron chi connectivity index (χ3n) is 2.92. The van der Waals surface area contributed by atoms with Gasteiger partial charge in [-0.25, -0.2) is 4.98 Å². The number of anilines is 3. The van der Waals surface area contributed by atoms with E-state index in [1.165, 1.54) is 11.3 Å². The average molecular weight is 321 g/mol. The Morgan fingerprint density at radius 1 is 1.17 bits per heavy atom. The Balaban J connectivity index is 1.67. The Labute approximate surface area is 136 Å². The molecular formula is C16H11N5OS. The molecule has 0 aliphatic rings. The fraction of sp³-hybridized carbons (Fsp3) is 0. The second-order valence-corrected chi connectivity index (χ2v) is 5.41. The molecule has 23 heavy (non-hydrogen) atoms. The van der Waals surface area contributed by atoms with E-state index in [0.29, 0.717) is 22.1 Å². The van der Waals surface area contributed by atoms with Crippen molar-refractivity contribution in [3.05, 3.63) is 65.4 Å². The summed E-state index contributed by atoms with van der Waals surface area (Å²) in [7, 11) is 0. The molecule has 112 valence electrons. The number of rotatable bonds is 4. The number of nitriles is 1. The van der Waals surface area contributed by atoms with E-state index < -0.39 is 0 Å². The average Bonchev–Trinajstić information content (AvgIpc) is 3.05. The maximum atomic E-state index is 12.2. The van der Waals surface area contributed by atoms with Crippen LogP contribution in [0.25, 0.3) is 0 Å². The quantitative estimate of drug-likeness (QED) is 0.768. The SMILES string of the molecule is N#Cc1ccc(NC(=O)c2csc(Nc3cccnc3)n2)cc1. The van der Waals surface area contributed by atoms with Crippen molar-refractivity contribution in [3.63, 3.8) is 0 Å². The summed E-state index contributed by atoms with van der Waals surface area (Å²) in [6, 6.07) is 12.4. The first-order valence-corrected chi connectivity index (χ1v) is 7.56. The minimum absolute atomic E-state index is 0.301. The normalized spacial score (nSPS) is 9.87. The number of hydrogen-bond acceptors (Lipinski definition) is 6. The Morgan fingerprint density at radius 2 is 2.00 bits per heavy atom. The van der Waals surface area contributed by atoms with Gasteiger partial charge in [0.05, 0.1) is 23.5 Å². The van der Waals surface area contributed by atoms with Crippen molar-refractivity contribution in [1.29, 1.82) is 5.26 Å². The predicted molar refractivity (Wildman–Crippen MR) is 88.7 cm³/mol. The van der Waals surface area contributed by atoms with E-state index in [1.807, 2.05) is 18.2 Å². The first kappa shape index (κ1) is 14.7. The van der Waals surface area contributed by atoms with Crippen LogP contribution in [0.5, 0.6) is 0 Å². The molecule has 0 radical (unpaired) electrons. The fourth-order valence-corrected chi connectivity index (χ4v) is 2.53. The van der Waals surface area contributed by atoms with E-state index in [9.17, 15) is 4.79 Å². The van der Waals surface area contributed by atoms with E-state index in [2.05, 4.69) is 20.6 Å². The van der Waals surface area contributed by atoms with E-state index in [0.717, 1.165) is 5.69 Å². The third kappa shape index (κ3) is 3.70. The highest BCUT2D eigenvalue weighted by atomic mass is 32.1. The van der Waals surface area contributed by atoms with Gasteiger partial charge in [-0.1, -0.05) is 0 Å². The lowest BCUT2D eigenvalue weighted by atomic mass is 10.2. The van der Waals surface area contributed by atoms with Crippen LogP contribution >= 0.6 is 11.3 Å². The number of benzene rings is 1. The Hall–Kier alpha value is -3.24. The van der Waals surface area contributed by atoms with Gasteiger partial charge in [0.2, 0.25) is 0 Å². The van der Waals surface area contributed by atoms with Crippen LogP contribution in [0.15, 0.2) is 54.2 Å². The summed E-state index contributed by atoms with van der Waals surface area (Å²) < 4.78 is 0. The van der Waals surface area contributed by atoms with Crippen molar-refractivity contribution in [2.24, 2.45) is 0 Å². The molecular weight excluding hydrogens is 310 g/mol. The van der Waals surface area contributed by atoms with Gasteiger partial charge in [0.15, 0.2) is 5.13 Å². The van der Waals surface area contributed by atoms with Crippen LogP contribution in [0.2, 0.25) is 0 Å². The summed E-state index contributed by atoms with van der Waals surface area (Å²) in [6.07, 6.45) is 3.36. The van der Waals surface area contributed by atoms with Crippen molar-refractivity contribution >= 4 is 33.8 Å². The van der Waals surface area contributed by atoms with Gasteiger partial charge in [-0.2, -0.15) is 5.26 Å². The number of carbonyl (C=O) groups is 1. The van der Waals surface area contributed by atoms with Crippen LogP contribution in [0.4, 0.5) is 16.5 Å². The number of aromatic nitrogens is 2. The summed E-state index contributed by atoms with van der Waals surface area (Å²) in [5.74, 6) is -0.301. The molecule has 3 aromatic rings. The molecule has 0 fully saturated rings. The lowest BCUT2D eigenvalue weighted by Gasteiger charge is -2.03. The van der Waals surface area contributed by atoms with E-state index in [-0.39, 0.29) is 5.91 Å². The molecule has 0 aliphatic carbocycles. The van der Waals surface area contributed by atoms with Crippen molar-refractivity contribution < 1.29 is 4.79 Å². The van der Waals surface area contributed by atoms with Crippen LogP contribution < -0.4 is 10.6 Å². The maximum Gasteiger partial charge on any atom is 0.275 e. The highest BCUT2D eigenvalue weighted by Crippen LogP contribution is 2.21. The van der Waals surface area contributed by atoms with Gasteiger partial charge in [-0.3, -0.25) is 9.78 Å². The highest BCUT2D eigenvalue weighted by Gasteiger charge is 2.11. The summed E-state index contributed by atoms with van der Waals surface area (Å²) in [4.78, 5) is 20.4. The lowest BCUT2D eigenvalue weighted by Crippen LogP contribution is -2.12. The molecule has 6 nitrogen and oxygen atoms in total. The molecule has 2 N–H and O–H groups in total. The number of hydrogen-bond donors (Lipinski definition) is 2. The van der Waals surface area contributed by atoms with E-state index in [1.54, 1.807) is 42.0 Å². The number of pyridine rings is 1. The molecule has 0 atom stereocenters. The first-order valence-electron chi connectivity index (χ1n) is 6.69. The molecule has 0 spiro atoms. The van der Waals surface area contributed by atoms with Gasteiger partial charge >= 0.3 is 0 Å². The van der Waals surface area contributed by atoms with Crippen LogP contribution in [0.1, 0.15) is 16.1 Å². The summed E-state index contributed by atoms with van der Waals surface area (Å²) in [5.41, 5.74) is 2.29. The highest BCUT2D eigenvalue weighted by molar-refractivity contribution is 7.14. The van der Waals surface area contributed by atoms with Crippen LogP contribution in [-0.4, -0.2) is 15.9 Å². The molecule has 1 aromatic carbocycles. The van der Waals surface area contributed by atoms with Gasteiger partial charge in [0.25, 0.3) is 5.91 Å². The van der Waals surface area contributed by atoms with Crippen LogP contribution in [-0.2, 0) is 0 Å². The Bertz CT molecular complexity index is 852. The molecule has 7 heteroatoms. The number of nitrogens with one attached hydrogen (secondary N) is 2. The third-order valence-corrected chi connectivity index (χ3v) is 3.68. The second-order valence-electron chi connectivity index (χ2n) is 4.55. The van der Waals surface area contributed by atoms with Crippen LogP contribution in [0, 0.1) is 11.3 Å². The topological polar surface area (TPSA) is 90.7 Å². The standard InChI is InChI=1S/C16H11N5OS/c17-8-11-3-5-12(6-4-11)19-15(22)14-10-23-16(21-14)20-13-2-1-7-18-9-13/h1-7,9-10H,(H,19,22)(H,20,21). The second kappa shape index (κ2) is 6.68. The summed E-state index contributed by atoms with van der Waals surface area (Å²) >= 11 is 1.34. The fourth-order valence-electron chi connectivity index (χ4n) is 1.82. The monoisotopic (exact) mass is 321 g/mol. The zero-order valence-corrected chi connectivity index (χ0v) is 12.7. The molecule has 0 saturated heterocycles. The summed E-state index contributed by atoms with van der Waals surface area (Å²) in [6.45, 7) is 0. The van der Waals surface area contributed by atoms with E-state index >= 15 is 0 Å². The molecule has 0 saturated carbocycles. The number of carbonyl (C=O) groups excluding carboxylic acids is 1. The van der Waals surface area contributed by atoms with Crippen molar-refractivity contribution in [2.45, 2.75) is 0 Å². The minimum atomic E-state index is -0.301. The number of nitrogens with zero attached hydrogens (tertiary/aromatic N) is 3. The maximum absolute atomic E-state index is 12.2. The Morgan fingerprint density at radius 3 is 2.70 bits per heavy atom. The predicted octanol–water partition coefficient (Wildman–Crippen LogP) is 3.41. The smallest absolute Gasteiger partial charge is 0.275 e. The molecule has 1 amide bonds. The number of amides is 1. The first-order chi connectivity index (χ1) is 11.2. The molecule has 2 heterocycles. The molecule has 3 rings (SSSR count). The van der Waals surface area contributed by atoms with Gasteiger partial charge in [0.1, 0.15) is 5.69 Å². The minimum Gasteiger partial charge on any atom is -0.330 e. The van der Waals surface area contributed by atoms with Crippen molar-refractivity contribution in [1.82, 2.24) is 9.97 Å². The largest absolute Gasteiger partial charge is 0.330 e. The van der Waals surface area contributed by atoms with Crippen molar-refractivity contribution in [3.8, 4) is 6.07 Å². The molecule has 0 aliphatic heterocycles. The summed E-state index contributed by atoms with van der Waals surface area (Å²) in [5, 5.41) is 16.9. The van der Waals surface area contributed by atoms with Crippen LogP contribution in [0.3, 0.4) is 0 Å². The van der Waals surface area contributed by atoms with Crippen molar-refractivity contribution in [2.75, 3.05) is 10.6 Å². The zero-order valence-electron chi connectivity index (χ0n) is 11.9. The lowest BCUT2D eigenvalue weighted by molar-refractivity contribution is 0.102. The van der Waals surface area contributed by atoms with Gasteiger partial charge in [0, 0.05) is 17.3 Å². The molecule has 0 unspecified atom stereocenters. The van der Waals surface area contributed by atoms with Gasteiger partial charge in [-0.15, -0.1) is 11.3 Å². The molecule has 2 aromatic heterocycles. The zero-order chi connectivity index (χ0) is 16.1. The van der Waals surface area contributed by atoms with Gasteiger partial charge in [-0.05, 0) is 36.4 Å².